The number of furan rings is 1. The molecule has 0 aliphatic carbocycles. The van der Waals surface area contributed by atoms with Crippen molar-refractivity contribution in [3.63, 3.8) is 0 Å². The molecule has 20 heavy (non-hydrogen) atoms. The maximum absolute atomic E-state index is 6.00. The molecule has 2 heterocycles. The second-order valence-corrected chi connectivity index (χ2v) is 4.79. The van der Waals surface area contributed by atoms with Gasteiger partial charge in [-0.3, -0.25) is 4.98 Å². The lowest BCUT2D eigenvalue weighted by atomic mass is 10.1. The normalized spacial score (nSPS) is 11.2. The quantitative estimate of drug-likeness (QED) is 0.521. The summed E-state index contributed by atoms with van der Waals surface area (Å²) in [5.41, 5.74) is 10.4. The van der Waals surface area contributed by atoms with E-state index in [4.69, 9.17) is 10.2 Å². The van der Waals surface area contributed by atoms with Crippen LogP contribution in [0.25, 0.3) is 33.1 Å². The summed E-state index contributed by atoms with van der Waals surface area (Å²) in [5, 5.41) is 2.00. The Labute approximate surface area is 115 Å². The van der Waals surface area contributed by atoms with Gasteiger partial charge in [0.05, 0.1) is 0 Å². The summed E-state index contributed by atoms with van der Waals surface area (Å²) in [5.74, 6) is 0. The highest BCUT2D eigenvalue weighted by molar-refractivity contribution is 6.09. The van der Waals surface area contributed by atoms with Crippen LogP contribution in [-0.2, 0) is 0 Å². The number of nitrogen functional groups attached to an aromatic ring is 1. The van der Waals surface area contributed by atoms with Crippen molar-refractivity contribution in [2.75, 3.05) is 5.73 Å². The molecule has 2 aromatic carbocycles. The zero-order valence-corrected chi connectivity index (χ0v) is 10.7. The van der Waals surface area contributed by atoms with Gasteiger partial charge in [-0.1, -0.05) is 30.3 Å². The zero-order chi connectivity index (χ0) is 13.5. The Morgan fingerprint density at radius 1 is 0.900 bits per heavy atom. The Morgan fingerprint density at radius 2 is 1.75 bits per heavy atom. The molecule has 96 valence electrons. The van der Waals surface area contributed by atoms with Crippen LogP contribution in [-0.4, -0.2) is 4.98 Å². The molecule has 0 unspecified atom stereocenters. The van der Waals surface area contributed by atoms with Gasteiger partial charge in [0.25, 0.3) is 0 Å². The second-order valence-electron chi connectivity index (χ2n) is 4.79. The summed E-state index contributed by atoms with van der Waals surface area (Å²) in [6.07, 6.45) is 3.66. The number of anilines is 1. The number of hydrogen-bond donors (Lipinski definition) is 1. The molecule has 4 rings (SSSR count). The molecule has 3 nitrogen and oxygen atoms in total. The lowest BCUT2D eigenvalue weighted by Gasteiger charge is -2.01. The molecule has 4 aromatic rings. The van der Waals surface area contributed by atoms with Crippen molar-refractivity contribution < 1.29 is 4.42 Å². The predicted octanol–water partition coefficient (Wildman–Crippen LogP) is 4.23. The minimum absolute atomic E-state index is 0.727. The van der Waals surface area contributed by atoms with Crippen LogP contribution in [0.3, 0.4) is 0 Å². The summed E-state index contributed by atoms with van der Waals surface area (Å²) in [4.78, 5) is 4.34. The first-order valence-electron chi connectivity index (χ1n) is 6.44. The molecule has 0 saturated carbocycles. The van der Waals surface area contributed by atoms with Gasteiger partial charge in [-0.05, 0) is 23.8 Å². The first-order valence-corrected chi connectivity index (χ1v) is 6.44. The van der Waals surface area contributed by atoms with E-state index in [9.17, 15) is 0 Å². The Kier molecular flexibility index (Phi) is 2.27. The highest BCUT2D eigenvalue weighted by atomic mass is 16.3. The van der Waals surface area contributed by atoms with Crippen molar-refractivity contribution in [3.8, 4) is 11.1 Å². The predicted molar refractivity (Wildman–Crippen MR) is 81.4 cm³/mol. The van der Waals surface area contributed by atoms with Crippen LogP contribution in [0.4, 0.5) is 5.69 Å². The van der Waals surface area contributed by atoms with Gasteiger partial charge in [-0.2, -0.15) is 0 Å². The number of benzene rings is 2. The van der Waals surface area contributed by atoms with Crippen LogP contribution in [0.5, 0.6) is 0 Å². The Bertz CT molecular complexity index is 910. The van der Waals surface area contributed by atoms with Gasteiger partial charge in [0.2, 0.25) is 0 Å². The van der Waals surface area contributed by atoms with Crippen molar-refractivity contribution in [3.05, 3.63) is 60.9 Å². The molecule has 0 aliphatic rings. The van der Waals surface area contributed by atoms with E-state index >= 15 is 0 Å². The van der Waals surface area contributed by atoms with Crippen LogP contribution < -0.4 is 5.73 Å². The molecule has 0 radical (unpaired) electrons. The topological polar surface area (TPSA) is 52.0 Å². The molecule has 2 N–H and O–H groups in total. The van der Waals surface area contributed by atoms with Gasteiger partial charge in [-0.25, -0.2) is 0 Å². The van der Waals surface area contributed by atoms with Crippen molar-refractivity contribution in [2.24, 2.45) is 0 Å². The third-order valence-corrected chi connectivity index (χ3v) is 3.49. The lowest BCUT2D eigenvalue weighted by Crippen LogP contribution is -1.82. The summed E-state index contributed by atoms with van der Waals surface area (Å²) in [7, 11) is 0. The average molecular weight is 260 g/mol. The van der Waals surface area contributed by atoms with Gasteiger partial charge in [0.15, 0.2) is 0 Å². The highest BCUT2D eigenvalue weighted by Gasteiger charge is 2.12. The van der Waals surface area contributed by atoms with Gasteiger partial charge in [-0.15, -0.1) is 0 Å². The first-order chi connectivity index (χ1) is 9.83. The van der Waals surface area contributed by atoms with E-state index in [1.54, 1.807) is 0 Å². The van der Waals surface area contributed by atoms with Crippen molar-refractivity contribution in [1.82, 2.24) is 4.98 Å². The fourth-order valence-electron chi connectivity index (χ4n) is 2.53. The molecule has 3 heteroatoms. The van der Waals surface area contributed by atoms with Crippen LogP contribution in [0.15, 0.2) is 65.3 Å². The van der Waals surface area contributed by atoms with E-state index in [-0.39, 0.29) is 0 Å². The van der Waals surface area contributed by atoms with Crippen molar-refractivity contribution >= 4 is 27.6 Å². The molecule has 2 aromatic heterocycles. The number of fused-ring (bicyclic) bond motifs is 3. The van der Waals surface area contributed by atoms with E-state index in [1.165, 1.54) is 0 Å². The molecule has 0 spiro atoms. The van der Waals surface area contributed by atoms with Crippen molar-refractivity contribution in [2.45, 2.75) is 0 Å². The van der Waals surface area contributed by atoms with Crippen LogP contribution in [0.2, 0.25) is 0 Å². The third kappa shape index (κ3) is 1.57. The molecular formula is C17H12N2O. The van der Waals surface area contributed by atoms with Gasteiger partial charge in [0, 0.05) is 34.4 Å². The maximum Gasteiger partial charge on any atom is 0.146 e. The molecule has 0 fully saturated rings. The summed E-state index contributed by atoms with van der Waals surface area (Å²) in [6, 6.07) is 15.8. The monoisotopic (exact) mass is 260 g/mol. The number of hydrogen-bond acceptors (Lipinski definition) is 3. The Hall–Kier alpha value is -2.81. The van der Waals surface area contributed by atoms with Crippen LogP contribution >= 0.6 is 0 Å². The lowest BCUT2D eigenvalue weighted by molar-refractivity contribution is 0.669. The van der Waals surface area contributed by atoms with E-state index < -0.39 is 0 Å². The van der Waals surface area contributed by atoms with Gasteiger partial charge < -0.3 is 10.2 Å². The summed E-state index contributed by atoms with van der Waals surface area (Å²) < 4.78 is 6.00. The highest BCUT2D eigenvalue weighted by Crippen LogP contribution is 2.35. The minimum Gasteiger partial charge on any atom is -0.455 e. The summed E-state index contributed by atoms with van der Waals surface area (Å²) >= 11 is 0. The maximum atomic E-state index is 6.00. The summed E-state index contributed by atoms with van der Waals surface area (Å²) in [6.45, 7) is 0. The molecule has 0 amide bonds. The molecular weight excluding hydrogens is 248 g/mol. The fourth-order valence-corrected chi connectivity index (χ4v) is 2.53. The Morgan fingerprint density at radius 3 is 2.60 bits per heavy atom. The van der Waals surface area contributed by atoms with Gasteiger partial charge in [0.1, 0.15) is 11.2 Å². The molecule has 0 bridgehead atoms. The molecule has 0 aliphatic heterocycles. The molecule has 0 atom stereocenters. The third-order valence-electron chi connectivity index (χ3n) is 3.49. The number of nitrogens with two attached hydrogens (primary N) is 1. The van der Waals surface area contributed by atoms with E-state index in [0.717, 1.165) is 38.8 Å². The average Bonchev–Trinajstić information content (AvgIpc) is 2.86. The van der Waals surface area contributed by atoms with E-state index in [2.05, 4.69) is 17.1 Å². The van der Waals surface area contributed by atoms with Crippen molar-refractivity contribution in [1.29, 1.82) is 0 Å². The zero-order valence-electron chi connectivity index (χ0n) is 10.7. The largest absolute Gasteiger partial charge is 0.455 e. The number of pyridine rings is 1. The smallest absolute Gasteiger partial charge is 0.146 e. The number of rotatable bonds is 1. The number of aromatic nitrogens is 1. The number of nitrogens with zero attached hydrogens (tertiary/aromatic N) is 1. The van der Waals surface area contributed by atoms with Gasteiger partial charge >= 0.3 is 0 Å². The van der Waals surface area contributed by atoms with Crippen LogP contribution in [0.1, 0.15) is 0 Å². The van der Waals surface area contributed by atoms with E-state index in [0.29, 0.717) is 0 Å². The molecule has 0 saturated heterocycles. The van der Waals surface area contributed by atoms with E-state index in [1.807, 2.05) is 48.8 Å². The standard InChI is InChI=1S/C17H12N2O/c18-12-6-7-16-13(8-12)15-10-19-9-14(17(15)20-16)11-4-2-1-3-5-11/h1-10H,18H2. The fraction of sp³-hybridized carbons (Fsp3) is 0. The second kappa shape index (κ2) is 4.10. The Balaban J connectivity index is 2.11. The minimum atomic E-state index is 0.727. The first kappa shape index (κ1) is 11.1. The van der Waals surface area contributed by atoms with Crippen LogP contribution in [0, 0.1) is 0 Å². The SMILES string of the molecule is Nc1ccc2oc3c(-c4ccccc4)cncc3c2c1.